The first-order chi connectivity index (χ1) is 21.6. The van der Waals surface area contributed by atoms with Gasteiger partial charge in [0.15, 0.2) is 17.9 Å². The summed E-state index contributed by atoms with van der Waals surface area (Å²) in [5.41, 5.74) is 38.0. The Balaban J connectivity index is 5.56. The van der Waals surface area contributed by atoms with Crippen LogP contribution in [0.3, 0.4) is 0 Å². The van der Waals surface area contributed by atoms with Gasteiger partial charge in [0.1, 0.15) is 24.4 Å². The molecular formula is C27H54N14O5. The lowest BCUT2D eigenvalue weighted by atomic mass is 10.0. The first-order valence-electron chi connectivity index (χ1n) is 15.2. The fourth-order valence-electron chi connectivity index (χ4n) is 4.06. The number of amides is 4. The molecule has 19 heteroatoms. The SMILES string of the molecule is CC(C)C[C@H](NC(=O)[C@@H](N)CCCN=C(N)N)C(=O)N[C@@H](CCCN=C(N)N)C(=O)N[C@@H](C)C(=O)N[C@H](C=O)CCCN=C(N)N. The van der Waals surface area contributed by atoms with Crippen LogP contribution in [0.4, 0.5) is 0 Å². The van der Waals surface area contributed by atoms with E-state index in [0.29, 0.717) is 32.1 Å². The Kier molecular flexibility index (Phi) is 20.5. The van der Waals surface area contributed by atoms with Crippen LogP contribution >= 0.6 is 0 Å². The molecule has 0 heterocycles. The Bertz CT molecular complexity index is 1070. The maximum absolute atomic E-state index is 13.4. The van der Waals surface area contributed by atoms with Gasteiger partial charge in [0.25, 0.3) is 0 Å². The second kappa shape index (κ2) is 22.8. The second-order valence-electron chi connectivity index (χ2n) is 11.2. The molecule has 0 spiro atoms. The summed E-state index contributed by atoms with van der Waals surface area (Å²) in [7, 11) is 0. The topological polar surface area (TPSA) is 353 Å². The van der Waals surface area contributed by atoms with E-state index in [0.717, 1.165) is 0 Å². The van der Waals surface area contributed by atoms with Crippen LogP contribution in [0.1, 0.15) is 65.7 Å². The Morgan fingerprint density at radius 3 is 1.54 bits per heavy atom. The molecule has 0 unspecified atom stereocenters. The van der Waals surface area contributed by atoms with Gasteiger partial charge in [-0.25, -0.2) is 0 Å². The van der Waals surface area contributed by atoms with Crippen molar-refractivity contribution in [3.63, 3.8) is 0 Å². The van der Waals surface area contributed by atoms with E-state index in [1.54, 1.807) is 0 Å². The Labute approximate surface area is 269 Å². The molecule has 0 radical (unpaired) electrons. The molecule has 0 aromatic rings. The Morgan fingerprint density at radius 2 is 1.07 bits per heavy atom. The van der Waals surface area contributed by atoms with Crippen molar-refractivity contribution in [1.29, 1.82) is 0 Å². The minimum Gasteiger partial charge on any atom is -0.370 e. The summed E-state index contributed by atoms with van der Waals surface area (Å²) in [5, 5.41) is 10.5. The quantitative estimate of drug-likeness (QED) is 0.0216. The van der Waals surface area contributed by atoms with Crippen LogP contribution in [0, 0.1) is 5.92 Å². The average Bonchev–Trinajstić information content (AvgIpc) is 2.96. The number of carbonyl (C=O) groups is 5. The smallest absolute Gasteiger partial charge is 0.243 e. The molecule has 0 fully saturated rings. The first-order valence-corrected chi connectivity index (χ1v) is 15.2. The summed E-state index contributed by atoms with van der Waals surface area (Å²) >= 11 is 0. The van der Waals surface area contributed by atoms with E-state index in [1.807, 2.05) is 13.8 Å². The number of aldehydes is 1. The maximum atomic E-state index is 13.4. The molecule has 19 nitrogen and oxygen atoms in total. The number of nitrogens with zero attached hydrogens (tertiary/aromatic N) is 3. The predicted molar refractivity (Wildman–Crippen MR) is 177 cm³/mol. The standard InChI is InChI=1S/C27H54N14O5/c1-15(2)13-20(41-22(44)18(28)8-5-11-36-26(31)32)24(46)40-19(9-6-12-37-27(33)34)23(45)38-16(3)21(43)39-17(14-42)7-4-10-35-25(29)30/h14-20H,4-13,28H2,1-3H3,(H,38,45)(H,39,43)(H,40,46)(H,41,44)(H4,29,30,35)(H4,31,32,36)(H4,33,34,37)/t16-,17-,18-,19-,20-/m0/s1. The van der Waals surface area contributed by atoms with Gasteiger partial charge in [0.05, 0.1) is 12.1 Å². The van der Waals surface area contributed by atoms with Gasteiger partial charge in [-0.3, -0.25) is 34.2 Å². The molecule has 0 bridgehead atoms. The molecule has 0 aliphatic carbocycles. The molecule has 262 valence electrons. The molecule has 0 aromatic heterocycles. The van der Waals surface area contributed by atoms with Crippen LogP contribution in [0.25, 0.3) is 0 Å². The van der Waals surface area contributed by atoms with Crippen LogP contribution in [0.5, 0.6) is 0 Å². The minimum atomic E-state index is -1.11. The number of guanidine groups is 3. The molecule has 46 heavy (non-hydrogen) atoms. The Morgan fingerprint density at radius 1 is 0.609 bits per heavy atom. The van der Waals surface area contributed by atoms with Gasteiger partial charge in [-0.05, 0) is 57.8 Å². The van der Waals surface area contributed by atoms with Crippen molar-refractivity contribution in [3.05, 3.63) is 0 Å². The number of aliphatic imine (C=N–C) groups is 3. The van der Waals surface area contributed by atoms with Crippen LogP contribution in [-0.4, -0.2) is 97.6 Å². The van der Waals surface area contributed by atoms with E-state index in [4.69, 9.17) is 40.1 Å². The summed E-state index contributed by atoms with van der Waals surface area (Å²) in [6.45, 7) is 5.92. The fourth-order valence-corrected chi connectivity index (χ4v) is 4.06. The van der Waals surface area contributed by atoms with Crippen molar-refractivity contribution < 1.29 is 24.0 Å². The van der Waals surface area contributed by atoms with Gasteiger partial charge >= 0.3 is 0 Å². The molecule has 18 N–H and O–H groups in total. The lowest BCUT2D eigenvalue weighted by molar-refractivity contribution is -0.134. The van der Waals surface area contributed by atoms with E-state index < -0.39 is 53.8 Å². The van der Waals surface area contributed by atoms with Gasteiger partial charge in [-0.2, -0.15) is 0 Å². The highest BCUT2D eigenvalue weighted by molar-refractivity contribution is 5.95. The molecular weight excluding hydrogens is 600 g/mol. The number of hydrogen-bond acceptors (Lipinski definition) is 9. The number of nitrogens with one attached hydrogen (secondary N) is 4. The average molecular weight is 655 g/mol. The molecule has 4 amide bonds. The molecule has 0 rings (SSSR count). The van der Waals surface area contributed by atoms with E-state index in [1.165, 1.54) is 6.92 Å². The number of carbonyl (C=O) groups excluding carboxylic acids is 5. The fraction of sp³-hybridized carbons (Fsp3) is 0.704. The lowest BCUT2D eigenvalue weighted by Crippen LogP contribution is -2.58. The van der Waals surface area contributed by atoms with Crippen molar-refractivity contribution in [2.24, 2.45) is 61.0 Å². The third kappa shape index (κ3) is 19.6. The summed E-state index contributed by atoms with van der Waals surface area (Å²) in [6.07, 6.45) is 2.68. The lowest BCUT2D eigenvalue weighted by Gasteiger charge is -2.26. The zero-order valence-corrected chi connectivity index (χ0v) is 27.0. The van der Waals surface area contributed by atoms with Gasteiger partial charge in [0, 0.05) is 19.6 Å². The number of hydrogen-bond donors (Lipinski definition) is 11. The molecule has 0 saturated heterocycles. The van der Waals surface area contributed by atoms with Gasteiger partial charge in [-0.1, -0.05) is 13.8 Å². The largest absolute Gasteiger partial charge is 0.370 e. The number of nitrogens with two attached hydrogens (primary N) is 7. The molecule has 0 aliphatic heterocycles. The highest BCUT2D eigenvalue weighted by atomic mass is 16.2. The highest BCUT2D eigenvalue weighted by Crippen LogP contribution is 2.08. The third-order valence-corrected chi connectivity index (χ3v) is 6.43. The zero-order chi connectivity index (χ0) is 35.2. The van der Waals surface area contributed by atoms with Crippen molar-refractivity contribution in [3.8, 4) is 0 Å². The Hall–Kier alpha value is -4.68. The van der Waals surface area contributed by atoms with Crippen molar-refractivity contribution in [2.75, 3.05) is 19.6 Å². The highest BCUT2D eigenvalue weighted by Gasteiger charge is 2.30. The van der Waals surface area contributed by atoms with E-state index >= 15 is 0 Å². The van der Waals surface area contributed by atoms with Crippen LogP contribution in [0.15, 0.2) is 15.0 Å². The van der Waals surface area contributed by atoms with Gasteiger partial charge in [0.2, 0.25) is 23.6 Å². The van der Waals surface area contributed by atoms with Crippen molar-refractivity contribution in [2.45, 2.75) is 95.9 Å². The number of rotatable bonds is 23. The van der Waals surface area contributed by atoms with Crippen molar-refractivity contribution in [1.82, 2.24) is 21.3 Å². The van der Waals surface area contributed by atoms with Gasteiger partial charge < -0.3 is 66.2 Å². The summed E-state index contributed by atoms with van der Waals surface area (Å²) in [6, 6.07) is -4.92. The van der Waals surface area contributed by atoms with Gasteiger partial charge in [-0.15, -0.1) is 0 Å². The van der Waals surface area contributed by atoms with E-state index in [2.05, 4.69) is 36.2 Å². The van der Waals surface area contributed by atoms with Crippen LogP contribution in [0.2, 0.25) is 0 Å². The molecule has 0 aromatic carbocycles. The predicted octanol–water partition coefficient (Wildman–Crippen LogP) is -4.32. The second-order valence-corrected chi connectivity index (χ2v) is 11.2. The first kappa shape index (κ1) is 41.3. The third-order valence-electron chi connectivity index (χ3n) is 6.43. The molecule has 0 saturated carbocycles. The monoisotopic (exact) mass is 654 g/mol. The van der Waals surface area contributed by atoms with Crippen LogP contribution in [-0.2, 0) is 24.0 Å². The minimum absolute atomic E-state index is 0.00256. The maximum Gasteiger partial charge on any atom is 0.243 e. The summed E-state index contributed by atoms with van der Waals surface area (Å²) < 4.78 is 0. The van der Waals surface area contributed by atoms with E-state index in [-0.39, 0.29) is 62.6 Å². The normalized spacial score (nSPS) is 13.9. The zero-order valence-electron chi connectivity index (χ0n) is 27.0. The van der Waals surface area contributed by atoms with Crippen LogP contribution < -0.4 is 61.4 Å². The van der Waals surface area contributed by atoms with E-state index in [9.17, 15) is 24.0 Å². The molecule has 5 atom stereocenters. The summed E-state index contributed by atoms with van der Waals surface area (Å²) in [4.78, 5) is 75.3. The van der Waals surface area contributed by atoms with Crippen molar-refractivity contribution >= 4 is 47.8 Å². The molecule has 0 aliphatic rings. The summed E-state index contributed by atoms with van der Waals surface area (Å²) in [5.74, 6) is -2.73.